The summed E-state index contributed by atoms with van der Waals surface area (Å²) in [6, 6.07) is 3.63. The van der Waals surface area contributed by atoms with E-state index < -0.39 is 9.84 Å². The average molecular weight is 257 g/mol. The molecular formula is C12H19NO3S. The minimum atomic E-state index is -2.96. The van der Waals surface area contributed by atoms with E-state index in [0.29, 0.717) is 13.0 Å². The van der Waals surface area contributed by atoms with Gasteiger partial charge in [0.25, 0.3) is 0 Å². The highest BCUT2D eigenvalue weighted by atomic mass is 32.2. The van der Waals surface area contributed by atoms with Gasteiger partial charge < -0.3 is 4.74 Å². The second kappa shape index (κ2) is 6.00. The van der Waals surface area contributed by atoms with Gasteiger partial charge in [0, 0.05) is 6.20 Å². The van der Waals surface area contributed by atoms with E-state index in [1.807, 2.05) is 13.0 Å². The number of hydrogen-bond donors (Lipinski definition) is 0. The van der Waals surface area contributed by atoms with Crippen LogP contribution in [0.15, 0.2) is 18.3 Å². The van der Waals surface area contributed by atoms with Crippen LogP contribution in [0.4, 0.5) is 0 Å². The van der Waals surface area contributed by atoms with Crippen molar-refractivity contribution in [2.45, 2.75) is 32.4 Å². The third kappa shape index (κ3) is 4.34. The van der Waals surface area contributed by atoms with Crippen LogP contribution in [-0.4, -0.2) is 31.0 Å². The monoisotopic (exact) mass is 257 g/mol. The van der Waals surface area contributed by atoms with Gasteiger partial charge in [-0.25, -0.2) is 8.42 Å². The lowest BCUT2D eigenvalue weighted by Crippen LogP contribution is -2.19. The van der Waals surface area contributed by atoms with Gasteiger partial charge in [0.15, 0.2) is 9.84 Å². The molecule has 0 aliphatic heterocycles. The van der Waals surface area contributed by atoms with E-state index in [2.05, 4.69) is 4.98 Å². The SMILES string of the molecule is Cc1ncccc1OCCCS(=O)(=O)C(C)C. The van der Waals surface area contributed by atoms with Crippen molar-refractivity contribution in [3.05, 3.63) is 24.0 Å². The highest BCUT2D eigenvalue weighted by molar-refractivity contribution is 7.91. The predicted octanol–water partition coefficient (Wildman–Crippen LogP) is 1.98. The minimum Gasteiger partial charge on any atom is -0.492 e. The van der Waals surface area contributed by atoms with Crippen LogP contribution in [0.2, 0.25) is 0 Å². The van der Waals surface area contributed by atoms with Gasteiger partial charge in [-0.1, -0.05) is 0 Å². The maximum absolute atomic E-state index is 11.5. The Bertz CT molecular complexity index is 455. The lowest BCUT2D eigenvalue weighted by molar-refractivity contribution is 0.314. The Morgan fingerprint density at radius 3 is 2.71 bits per heavy atom. The Labute approximate surface area is 103 Å². The summed E-state index contributed by atoms with van der Waals surface area (Å²) < 4.78 is 28.6. The molecule has 17 heavy (non-hydrogen) atoms. The number of ether oxygens (including phenoxy) is 1. The standard InChI is InChI=1S/C12H19NO3S/c1-10(2)17(14,15)9-5-8-16-12-6-4-7-13-11(12)3/h4,6-7,10H,5,8-9H2,1-3H3. The zero-order valence-electron chi connectivity index (χ0n) is 10.5. The summed E-state index contributed by atoms with van der Waals surface area (Å²) in [7, 11) is -2.96. The van der Waals surface area contributed by atoms with Crippen molar-refractivity contribution in [2.75, 3.05) is 12.4 Å². The summed E-state index contributed by atoms with van der Waals surface area (Å²) in [5.74, 6) is 0.888. The van der Waals surface area contributed by atoms with Gasteiger partial charge in [0.05, 0.1) is 23.3 Å². The first-order valence-corrected chi connectivity index (χ1v) is 7.41. The van der Waals surface area contributed by atoms with Gasteiger partial charge in [-0.3, -0.25) is 4.98 Å². The van der Waals surface area contributed by atoms with Crippen LogP contribution in [-0.2, 0) is 9.84 Å². The third-order valence-corrected chi connectivity index (χ3v) is 4.80. The molecule has 0 spiro atoms. The number of pyridine rings is 1. The van der Waals surface area contributed by atoms with Gasteiger partial charge in [-0.15, -0.1) is 0 Å². The molecule has 0 atom stereocenters. The van der Waals surface area contributed by atoms with Gasteiger partial charge in [-0.05, 0) is 39.3 Å². The molecule has 0 saturated carbocycles. The smallest absolute Gasteiger partial charge is 0.152 e. The van der Waals surface area contributed by atoms with E-state index in [1.165, 1.54) is 0 Å². The molecule has 4 nitrogen and oxygen atoms in total. The van der Waals surface area contributed by atoms with Crippen molar-refractivity contribution < 1.29 is 13.2 Å². The van der Waals surface area contributed by atoms with Gasteiger partial charge in [0.2, 0.25) is 0 Å². The maximum atomic E-state index is 11.5. The molecule has 0 saturated heterocycles. The highest BCUT2D eigenvalue weighted by Gasteiger charge is 2.15. The van der Waals surface area contributed by atoms with Crippen molar-refractivity contribution in [1.82, 2.24) is 4.98 Å². The molecule has 1 aromatic rings. The lowest BCUT2D eigenvalue weighted by Gasteiger charge is -2.09. The molecule has 0 aliphatic carbocycles. The molecule has 0 aliphatic rings. The van der Waals surface area contributed by atoms with Gasteiger partial charge in [-0.2, -0.15) is 0 Å². The largest absolute Gasteiger partial charge is 0.492 e. The molecular weight excluding hydrogens is 238 g/mol. The quantitative estimate of drug-likeness (QED) is 0.731. The first-order chi connectivity index (χ1) is 7.93. The Morgan fingerprint density at radius 1 is 1.41 bits per heavy atom. The van der Waals surface area contributed by atoms with E-state index in [1.54, 1.807) is 26.1 Å². The maximum Gasteiger partial charge on any atom is 0.152 e. The van der Waals surface area contributed by atoms with Gasteiger partial charge >= 0.3 is 0 Å². The van der Waals surface area contributed by atoms with Crippen molar-refractivity contribution in [2.24, 2.45) is 0 Å². The zero-order valence-corrected chi connectivity index (χ0v) is 11.3. The minimum absolute atomic E-state index is 0.171. The van der Waals surface area contributed by atoms with Crippen LogP contribution < -0.4 is 4.74 Å². The number of aromatic nitrogens is 1. The highest BCUT2D eigenvalue weighted by Crippen LogP contribution is 2.13. The van der Waals surface area contributed by atoms with E-state index in [9.17, 15) is 8.42 Å². The van der Waals surface area contributed by atoms with Crippen LogP contribution in [0.3, 0.4) is 0 Å². The molecule has 0 aromatic carbocycles. The fourth-order valence-corrected chi connectivity index (χ4v) is 2.29. The molecule has 96 valence electrons. The number of aryl methyl sites for hydroxylation is 1. The summed E-state index contributed by atoms with van der Waals surface area (Å²) in [5, 5.41) is -0.317. The Balaban J connectivity index is 2.38. The number of sulfone groups is 1. The second-order valence-corrected chi connectivity index (χ2v) is 6.88. The molecule has 5 heteroatoms. The molecule has 0 bridgehead atoms. The molecule has 0 unspecified atom stereocenters. The summed E-state index contributed by atoms with van der Waals surface area (Å²) in [6.45, 7) is 5.65. The lowest BCUT2D eigenvalue weighted by atomic mass is 10.3. The topological polar surface area (TPSA) is 56.3 Å². The Morgan fingerprint density at radius 2 is 2.12 bits per heavy atom. The molecule has 0 fully saturated rings. The summed E-state index contributed by atoms with van der Waals surface area (Å²) in [5.41, 5.74) is 0.819. The van der Waals surface area contributed by atoms with Crippen LogP contribution in [0.1, 0.15) is 26.0 Å². The number of nitrogens with zero attached hydrogens (tertiary/aromatic N) is 1. The molecule has 1 rings (SSSR count). The fraction of sp³-hybridized carbons (Fsp3) is 0.583. The zero-order chi connectivity index (χ0) is 12.9. The third-order valence-electron chi connectivity index (χ3n) is 2.51. The van der Waals surface area contributed by atoms with E-state index in [0.717, 1.165) is 11.4 Å². The predicted molar refractivity (Wildman–Crippen MR) is 68.0 cm³/mol. The second-order valence-electron chi connectivity index (χ2n) is 4.20. The first-order valence-electron chi connectivity index (χ1n) is 5.69. The van der Waals surface area contributed by atoms with E-state index in [-0.39, 0.29) is 11.0 Å². The van der Waals surface area contributed by atoms with Crippen LogP contribution >= 0.6 is 0 Å². The Kier molecular flexibility index (Phi) is 4.93. The first kappa shape index (κ1) is 14.0. The van der Waals surface area contributed by atoms with Crippen molar-refractivity contribution >= 4 is 9.84 Å². The molecule has 0 amide bonds. The molecule has 0 N–H and O–H groups in total. The summed E-state index contributed by atoms with van der Waals surface area (Å²) in [6.07, 6.45) is 2.21. The van der Waals surface area contributed by atoms with Gasteiger partial charge in [0.1, 0.15) is 5.75 Å². The molecule has 1 heterocycles. The Hall–Kier alpha value is -1.10. The summed E-state index contributed by atoms with van der Waals surface area (Å²) >= 11 is 0. The van der Waals surface area contributed by atoms with E-state index >= 15 is 0 Å². The van der Waals surface area contributed by atoms with Crippen molar-refractivity contribution in [3.8, 4) is 5.75 Å². The molecule has 0 radical (unpaired) electrons. The summed E-state index contributed by atoms with van der Waals surface area (Å²) in [4.78, 5) is 4.09. The molecule has 1 aromatic heterocycles. The fourth-order valence-electron chi connectivity index (χ4n) is 1.30. The number of hydrogen-bond acceptors (Lipinski definition) is 4. The normalized spacial score (nSPS) is 11.8. The number of rotatable bonds is 6. The van der Waals surface area contributed by atoms with Crippen LogP contribution in [0.25, 0.3) is 0 Å². The van der Waals surface area contributed by atoms with Crippen molar-refractivity contribution in [3.63, 3.8) is 0 Å². The van der Waals surface area contributed by atoms with Crippen molar-refractivity contribution in [1.29, 1.82) is 0 Å². The van der Waals surface area contributed by atoms with E-state index in [4.69, 9.17) is 4.74 Å². The van der Waals surface area contributed by atoms with Crippen LogP contribution in [0.5, 0.6) is 5.75 Å². The average Bonchev–Trinajstić information content (AvgIpc) is 2.26. The van der Waals surface area contributed by atoms with Crippen LogP contribution in [0, 0.1) is 6.92 Å².